The second-order valence-corrected chi connectivity index (χ2v) is 7.16. The molecule has 1 aromatic heterocycles. The molecule has 24 heavy (non-hydrogen) atoms. The van der Waals surface area contributed by atoms with Gasteiger partial charge in [0.15, 0.2) is 0 Å². The highest BCUT2D eigenvalue weighted by Gasteiger charge is 2.25. The molecule has 1 atom stereocenters. The topological polar surface area (TPSA) is 63.9 Å². The highest BCUT2D eigenvalue weighted by atomic mass is 35.5. The fourth-order valence-corrected chi connectivity index (χ4v) is 3.88. The van der Waals surface area contributed by atoms with Gasteiger partial charge in [-0.2, -0.15) is 4.68 Å². The maximum Gasteiger partial charge on any atom is 0.233 e. The molecule has 1 aliphatic heterocycles. The molecule has 0 unspecified atom stereocenters. The summed E-state index contributed by atoms with van der Waals surface area (Å²) in [5.74, 6) is 0.516. The van der Waals surface area contributed by atoms with Crippen molar-refractivity contribution in [3.05, 3.63) is 29.3 Å². The number of rotatable bonds is 5. The van der Waals surface area contributed by atoms with Gasteiger partial charge in [0.05, 0.1) is 11.4 Å². The molecule has 6 nitrogen and oxygen atoms in total. The summed E-state index contributed by atoms with van der Waals surface area (Å²) in [6, 6.07) is 7.65. The zero-order valence-corrected chi connectivity index (χ0v) is 15.1. The van der Waals surface area contributed by atoms with Gasteiger partial charge in [-0.15, -0.1) is 5.10 Å². The third kappa shape index (κ3) is 3.89. The van der Waals surface area contributed by atoms with Gasteiger partial charge in [0.2, 0.25) is 11.1 Å². The molecule has 0 N–H and O–H groups in total. The number of carbonyl (C=O) groups is 1. The Balaban J connectivity index is 1.66. The Morgan fingerprint density at radius 1 is 1.33 bits per heavy atom. The molecular formula is C16H20ClN5OS. The van der Waals surface area contributed by atoms with E-state index in [1.807, 2.05) is 17.0 Å². The van der Waals surface area contributed by atoms with E-state index in [-0.39, 0.29) is 5.91 Å². The van der Waals surface area contributed by atoms with Gasteiger partial charge in [-0.3, -0.25) is 4.79 Å². The molecule has 1 aliphatic rings. The summed E-state index contributed by atoms with van der Waals surface area (Å²) in [6.07, 6.45) is 4.42. The van der Waals surface area contributed by atoms with Crippen LogP contribution in [0.4, 0.5) is 0 Å². The number of amides is 1. The van der Waals surface area contributed by atoms with Crippen LogP contribution in [0.5, 0.6) is 0 Å². The summed E-state index contributed by atoms with van der Waals surface area (Å²) in [4.78, 5) is 14.6. The third-order valence-electron chi connectivity index (χ3n) is 4.26. The maximum atomic E-state index is 12.6. The van der Waals surface area contributed by atoms with Crippen LogP contribution in [0, 0.1) is 0 Å². The lowest BCUT2D eigenvalue weighted by atomic mass is 10.0. The van der Waals surface area contributed by atoms with Crippen molar-refractivity contribution in [2.45, 2.75) is 43.8 Å². The average Bonchev–Trinajstić information content (AvgIpc) is 3.08. The Morgan fingerprint density at radius 3 is 2.88 bits per heavy atom. The van der Waals surface area contributed by atoms with Crippen molar-refractivity contribution in [2.24, 2.45) is 0 Å². The number of likely N-dealkylation sites (tertiary alicyclic amines) is 1. The molecule has 0 radical (unpaired) electrons. The predicted molar refractivity (Wildman–Crippen MR) is 94.5 cm³/mol. The minimum atomic E-state index is 0.164. The van der Waals surface area contributed by atoms with Gasteiger partial charge in [-0.05, 0) is 60.4 Å². The summed E-state index contributed by atoms with van der Waals surface area (Å²) in [5, 5.41) is 13.0. The van der Waals surface area contributed by atoms with Crippen molar-refractivity contribution in [2.75, 3.05) is 12.3 Å². The van der Waals surface area contributed by atoms with E-state index in [9.17, 15) is 4.79 Å². The van der Waals surface area contributed by atoms with Gasteiger partial charge >= 0.3 is 0 Å². The summed E-state index contributed by atoms with van der Waals surface area (Å²) in [7, 11) is 0. The first-order valence-electron chi connectivity index (χ1n) is 8.15. The molecule has 3 rings (SSSR count). The maximum absolute atomic E-state index is 12.6. The van der Waals surface area contributed by atoms with Gasteiger partial charge in [-0.25, -0.2) is 0 Å². The lowest BCUT2D eigenvalue weighted by molar-refractivity contribution is -0.132. The highest BCUT2D eigenvalue weighted by Crippen LogP contribution is 2.23. The minimum absolute atomic E-state index is 0.164. The zero-order valence-electron chi connectivity index (χ0n) is 13.6. The number of aromatic nitrogens is 4. The largest absolute Gasteiger partial charge is 0.339 e. The number of hydrogen-bond donors (Lipinski definition) is 0. The van der Waals surface area contributed by atoms with E-state index in [1.165, 1.54) is 18.2 Å². The number of thioether (sulfide) groups is 1. The molecule has 1 aromatic carbocycles. The van der Waals surface area contributed by atoms with E-state index < -0.39 is 0 Å². The van der Waals surface area contributed by atoms with Crippen molar-refractivity contribution in [3.8, 4) is 5.69 Å². The lowest BCUT2D eigenvalue weighted by Gasteiger charge is -2.35. The van der Waals surface area contributed by atoms with Gasteiger partial charge in [0.25, 0.3) is 0 Å². The predicted octanol–water partition coefficient (Wildman–Crippen LogP) is 3.20. The third-order valence-corrected chi connectivity index (χ3v) is 5.41. The van der Waals surface area contributed by atoms with Gasteiger partial charge in [-0.1, -0.05) is 30.3 Å². The lowest BCUT2D eigenvalue weighted by Crippen LogP contribution is -2.44. The Morgan fingerprint density at radius 2 is 2.12 bits per heavy atom. The molecule has 128 valence electrons. The van der Waals surface area contributed by atoms with Gasteiger partial charge in [0.1, 0.15) is 0 Å². The van der Waals surface area contributed by atoms with Crippen LogP contribution in [0.25, 0.3) is 5.69 Å². The monoisotopic (exact) mass is 365 g/mol. The van der Waals surface area contributed by atoms with Crippen LogP contribution < -0.4 is 0 Å². The highest BCUT2D eigenvalue weighted by molar-refractivity contribution is 7.99. The number of carbonyl (C=O) groups excluding carboxylic acids is 1. The first-order chi connectivity index (χ1) is 11.7. The summed E-state index contributed by atoms with van der Waals surface area (Å²) >= 11 is 7.28. The van der Waals surface area contributed by atoms with E-state index in [0.29, 0.717) is 22.0 Å². The second-order valence-electron chi connectivity index (χ2n) is 5.78. The number of tetrazole rings is 1. The molecule has 1 fully saturated rings. The number of piperidine rings is 1. The average molecular weight is 366 g/mol. The van der Waals surface area contributed by atoms with E-state index in [2.05, 4.69) is 22.4 Å². The summed E-state index contributed by atoms with van der Waals surface area (Å²) < 4.78 is 1.63. The van der Waals surface area contributed by atoms with E-state index in [4.69, 9.17) is 11.6 Å². The number of benzene rings is 1. The van der Waals surface area contributed by atoms with Crippen molar-refractivity contribution < 1.29 is 4.79 Å². The first kappa shape index (κ1) is 17.2. The van der Waals surface area contributed by atoms with Crippen molar-refractivity contribution in [3.63, 3.8) is 0 Å². The normalized spacial score (nSPS) is 17.9. The van der Waals surface area contributed by atoms with Crippen molar-refractivity contribution in [1.29, 1.82) is 0 Å². The van der Waals surface area contributed by atoms with Gasteiger partial charge < -0.3 is 4.90 Å². The van der Waals surface area contributed by atoms with Crippen LogP contribution in [0.2, 0.25) is 5.02 Å². The van der Waals surface area contributed by atoms with Crippen LogP contribution in [-0.2, 0) is 4.79 Å². The molecule has 2 aromatic rings. The van der Waals surface area contributed by atoms with E-state index in [0.717, 1.165) is 31.5 Å². The second kappa shape index (κ2) is 7.98. The Labute approximate surface area is 150 Å². The number of hydrogen-bond acceptors (Lipinski definition) is 5. The van der Waals surface area contributed by atoms with Crippen LogP contribution in [0.15, 0.2) is 29.4 Å². The Hall–Kier alpha value is -1.60. The zero-order chi connectivity index (χ0) is 16.9. The molecule has 0 spiro atoms. The van der Waals surface area contributed by atoms with Crippen molar-refractivity contribution >= 4 is 29.3 Å². The van der Waals surface area contributed by atoms with Crippen LogP contribution in [0.3, 0.4) is 0 Å². The molecule has 2 heterocycles. The fourth-order valence-electron chi connectivity index (χ4n) is 2.98. The quantitative estimate of drug-likeness (QED) is 0.761. The number of halogens is 1. The van der Waals surface area contributed by atoms with Gasteiger partial charge in [0, 0.05) is 17.6 Å². The smallest absolute Gasteiger partial charge is 0.233 e. The SMILES string of the molecule is CC[C@H]1CCCCN1C(=O)CSc1nnnn1-c1ccc(Cl)cc1. The minimum Gasteiger partial charge on any atom is -0.339 e. The van der Waals surface area contributed by atoms with Crippen molar-refractivity contribution in [1.82, 2.24) is 25.1 Å². The fraction of sp³-hybridized carbons (Fsp3) is 0.500. The first-order valence-corrected chi connectivity index (χ1v) is 9.52. The van der Waals surface area contributed by atoms with Crippen LogP contribution in [-0.4, -0.2) is 49.4 Å². The Bertz CT molecular complexity index is 690. The molecular weight excluding hydrogens is 346 g/mol. The number of nitrogens with zero attached hydrogens (tertiary/aromatic N) is 5. The molecule has 1 amide bonds. The standard InChI is InChI=1S/C16H20ClN5OS/c1-2-13-5-3-4-10-21(13)15(23)11-24-16-18-19-20-22(16)14-8-6-12(17)7-9-14/h6-9,13H,2-5,10-11H2,1H3/t13-/m0/s1. The van der Waals surface area contributed by atoms with Crippen LogP contribution >= 0.6 is 23.4 Å². The Kier molecular flexibility index (Phi) is 5.73. The molecule has 0 aliphatic carbocycles. The summed E-state index contributed by atoms with van der Waals surface area (Å²) in [6.45, 7) is 3.00. The molecule has 0 bridgehead atoms. The van der Waals surface area contributed by atoms with E-state index >= 15 is 0 Å². The van der Waals surface area contributed by atoms with Crippen LogP contribution in [0.1, 0.15) is 32.6 Å². The molecule has 8 heteroatoms. The summed E-state index contributed by atoms with van der Waals surface area (Å²) in [5.41, 5.74) is 0.823. The van der Waals surface area contributed by atoms with E-state index in [1.54, 1.807) is 16.8 Å². The molecule has 0 saturated carbocycles. The molecule has 1 saturated heterocycles.